The van der Waals surface area contributed by atoms with E-state index < -0.39 is 12.0 Å². The number of benzene rings is 1. The van der Waals surface area contributed by atoms with Crippen LogP contribution in [0.5, 0.6) is 0 Å². The fourth-order valence-electron chi connectivity index (χ4n) is 1.59. The van der Waals surface area contributed by atoms with Crippen LogP contribution >= 0.6 is 23.2 Å². The lowest BCUT2D eigenvalue weighted by Crippen LogP contribution is -2.33. The number of hydrogen-bond donors (Lipinski definition) is 3. The van der Waals surface area contributed by atoms with Gasteiger partial charge in [0.1, 0.15) is 0 Å². The van der Waals surface area contributed by atoms with Crippen LogP contribution in [0.3, 0.4) is 0 Å². The number of halogens is 2. The number of carbonyl (C=O) groups is 2. The van der Waals surface area contributed by atoms with Crippen LogP contribution in [-0.4, -0.2) is 23.7 Å². The zero-order valence-electron chi connectivity index (χ0n) is 11.0. The third-order valence-corrected chi connectivity index (χ3v) is 3.51. The first-order chi connectivity index (χ1) is 9.42. The summed E-state index contributed by atoms with van der Waals surface area (Å²) in [6, 6.07) is 4.34. The van der Waals surface area contributed by atoms with Gasteiger partial charge in [0.05, 0.1) is 10.0 Å². The monoisotopic (exact) mass is 318 g/mol. The predicted octanol–water partition coefficient (Wildman–Crippen LogP) is 3.62. The molecule has 0 bridgehead atoms. The number of urea groups is 1. The van der Waals surface area contributed by atoms with Gasteiger partial charge in [-0.25, -0.2) is 4.79 Å². The molecule has 5 nitrogen and oxygen atoms in total. The van der Waals surface area contributed by atoms with Gasteiger partial charge in [0.2, 0.25) is 0 Å². The molecule has 0 aliphatic heterocycles. The van der Waals surface area contributed by atoms with E-state index in [0.29, 0.717) is 28.7 Å². The molecule has 7 heteroatoms. The Labute approximate surface area is 127 Å². The van der Waals surface area contributed by atoms with E-state index in [9.17, 15) is 9.59 Å². The first kappa shape index (κ1) is 16.6. The highest BCUT2D eigenvalue weighted by Crippen LogP contribution is 2.24. The van der Waals surface area contributed by atoms with Gasteiger partial charge in [-0.15, -0.1) is 0 Å². The molecule has 0 aliphatic carbocycles. The topological polar surface area (TPSA) is 78.4 Å². The summed E-state index contributed by atoms with van der Waals surface area (Å²) < 4.78 is 0. The second-order valence-corrected chi connectivity index (χ2v) is 5.15. The molecule has 0 spiro atoms. The Morgan fingerprint density at radius 1 is 1.30 bits per heavy atom. The molecule has 1 aromatic carbocycles. The summed E-state index contributed by atoms with van der Waals surface area (Å²) in [5.74, 6) is -0.962. The van der Waals surface area contributed by atoms with Crippen molar-refractivity contribution in [2.75, 3.05) is 11.9 Å². The summed E-state index contributed by atoms with van der Waals surface area (Å²) in [5, 5.41) is 14.7. The smallest absolute Gasteiger partial charge is 0.319 e. The first-order valence-electron chi connectivity index (χ1n) is 6.14. The quantitative estimate of drug-likeness (QED) is 0.749. The summed E-state index contributed by atoms with van der Waals surface area (Å²) in [5.41, 5.74) is 0.517. The molecule has 3 N–H and O–H groups in total. The molecule has 0 fully saturated rings. The van der Waals surface area contributed by atoms with Gasteiger partial charge >= 0.3 is 12.0 Å². The highest BCUT2D eigenvalue weighted by atomic mass is 35.5. The van der Waals surface area contributed by atoms with Crippen molar-refractivity contribution in [3.05, 3.63) is 28.2 Å². The zero-order chi connectivity index (χ0) is 15.1. The molecule has 0 aromatic heterocycles. The largest absolute Gasteiger partial charge is 0.481 e. The van der Waals surface area contributed by atoms with Crippen molar-refractivity contribution in [1.29, 1.82) is 0 Å². The Balaban J connectivity index is 2.46. The van der Waals surface area contributed by atoms with Gasteiger partial charge in [-0.05, 0) is 24.1 Å². The Hall–Kier alpha value is -1.46. The second-order valence-electron chi connectivity index (χ2n) is 4.34. The molecule has 1 atom stereocenters. The molecule has 20 heavy (non-hydrogen) atoms. The van der Waals surface area contributed by atoms with Crippen molar-refractivity contribution in [3.63, 3.8) is 0 Å². The third-order valence-electron chi connectivity index (χ3n) is 2.77. The number of nitrogens with one attached hydrogen (secondary N) is 2. The highest BCUT2D eigenvalue weighted by Gasteiger charge is 2.12. The van der Waals surface area contributed by atoms with Gasteiger partial charge in [0.15, 0.2) is 0 Å². The molecule has 110 valence electrons. The fourth-order valence-corrected chi connectivity index (χ4v) is 1.89. The number of carboxylic acid groups (broad SMARTS) is 1. The molecule has 0 saturated heterocycles. The molecule has 1 unspecified atom stereocenters. The maximum Gasteiger partial charge on any atom is 0.319 e. The number of amides is 2. The van der Waals surface area contributed by atoms with Crippen LogP contribution in [0, 0.1) is 5.92 Å². The van der Waals surface area contributed by atoms with Crippen molar-refractivity contribution >= 4 is 40.9 Å². The van der Waals surface area contributed by atoms with Gasteiger partial charge in [-0.3, -0.25) is 4.79 Å². The Morgan fingerprint density at radius 2 is 2.00 bits per heavy atom. The summed E-state index contributed by atoms with van der Waals surface area (Å²) in [6.45, 7) is 2.18. The number of hydrogen-bond acceptors (Lipinski definition) is 2. The van der Waals surface area contributed by atoms with E-state index in [-0.39, 0.29) is 12.3 Å². The van der Waals surface area contributed by atoms with E-state index in [1.165, 1.54) is 6.07 Å². The molecular formula is C13H16Cl2N2O3. The molecule has 0 radical (unpaired) electrons. The zero-order valence-corrected chi connectivity index (χ0v) is 12.5. The van der Waals surface area contributed by atoms with Gasteiger partial charge in [0.25, 0.3) is 0 Å². The maximum atomic E-state index is 11.7. The van der Waals surface area contributed by atoms with Crippen molar-refractivity contribution in [1.82, 2.24) is 5.32 Å². The minimum absolute atomic E-state index is 0.0313. The lowest BCUT2D eigenvalue weighted by Gasteiger charge is -2.14. The summed E-state index contributed by atoms with van der Waals surface area (Å²) in [4.78, 5) is 22.3. The van der Waals surface area contributed by atoms with Gasteiger partial charge in [-0.2, -0.15) is 0 Å². The molecule has 2 amide bonds. The molecule has 0 aliphatic rings. The first-order valence-corrected chi connectivity index (χ1v) is 6.89. The van der Waals surface area contributed by atoms with Crippen molar-refractivity contribution in [3.8, 4) is 0 Å². The number of carboxylic acids is 1. The van der Waals surface area contributed by atoms with E-state index in [0.717, 1.165) is 0 Å². The van der Waals surface area contributed by atoms with E-state index in [2.05, 4.69) is 10.6 Å². The van der Waals surface area contributed by atoms with E-state index >= 15 is 0 Å². The minimum atomic E-state index is -0.872. The van der Waals surface area contributed by atoms with Gasteiger partial charge < -0.3 is 15.7 Å². The van der Waals surface area contributed by atoms with Crippen molar-refractivity contribution in [2.24, 2.45) is 5.92 Å². The lowest BCUT2D eigenvalue weighted by molar-refractivity contribution is -0.138. The Bertz CT molecular complexity index is 495. The van der Waals surface area contributed by atoms with E-state index in [1.54, 1.807) is 12.1 Å². The van der Waals surface area contributed by atoms with Crippen LogP contribution in [0.15, 0.2) is 18.2 Å². The van der Waals surface area contributed by atoms with Crippen molar-refractivity contribution in [2.45, 2.75) is 19.8 Å². The van der Waals surface area contributed by atoms with E-state index in [1.807, 2.05) is 6.92 Å². The maximum absolute atomic E-state index is 11.7. The van der Waals surface area contributed by atoms with Gasteiger partial charge in [-0.1, -0.05) is 36.5 Å². The lowest BCUT2D eigenvalue weighted by atomic mass is 10.0. The minimum Gasteiger partial charge on any atom is -0.481 e. The van der Waals surface area contributed by atoms with Crippen LogP contribution in [0.1, 0.15) is 19.8 Å². The predicted molar refractivity (Wildman–Crippen MR) is 79.5 cm³/mol. The summed E-state index contributed by atoms with van der Waals surface area (Å²) >= 11 is 11.6. The SMILES string of the molecule is CCC(CNC(=O)Nc1ccc(Cl)c(Cl)c1)CC(=O)O. The summed E-state index contributed by atoms with van der Waals surface area (Å²) in [7, 11) is 0. The third kappa shape index (κ3) is 5.67. The highest BCUT2D eigenvalue weighted by molar-refractivity contribution is 6.42. The number of rotatable bonds is 6. The normalized spacial score (nSPS) is 11.8. The number of aliphatic carboxylic acids is 1. The molecule has 0 saturated carbocycles. The van der Waals surface area contributed by atoms with Gasteiger partial charge in [0, 0.05) is 18.7 Å². The number of carbonyl (C=O) groups excluding carboxylic acids is 1. The molecule has 0 heterocycles. The average Bonchev–Trinajstić information content (AvgIpc) is 2.38. The number of anilines is 1. The Morgan fingerprint density at radius 3 is 2.55 bits per heavy atom. The molecular weight excluding hydrogens is 303 g/mol. The van der Waals surface area contributed by atoms with Crippen LogP contribution < -0.4 is 10.6 Å². The fraction of sp³-hybridized carbons (Fsp3) is 0.385. The summed E-state index contributed by atoms with van der Waals surface area (Å²) in [6.07, 6.45) is 0.711. The van der Waals surface area contributed by atoms with E-state index in [4.69, 9.17) is 28.3 Å². The molecule has 1 rings (SSSR count). The van der Waals surface area contributed by atoms with Crippen molar-refractivity contribution < 1.29 is 14.7 Å². The standard InChI is InChI=1S/C13H16Cl2N2O3/c1-2-8(5-12(18)19)7-16-13(20)17-9-3-4-10(14)11(15)6-9/h3-4,6,8H,2,5,7H2,1H3,(H,18,19)(H2,16,17,20). The van der Waals surface area contributed by atoms with Crippen LogP contribution in [0.25, 0.3) is 0 Å². The van der Waals surface area contributed by atoms with Crippen LogP contribution in [0.4, 0.5) is 10.5 Å². The Kier molecular flexibility index (Phi) is 6.61. The molecule has 1 aromatic rings. The van der Waals surface area contributed by atoms with Crippen LogP contribution in [0.2, 0.25) is 10.0 Å². The second kappa shape index (κ2) is 7.97. The van der Waals surface area contributed by atoms with Crippen LogP contribution in [-0.2, 0) is 4.79 Å². The average molecular weight is 319 g/mol.